The number of halogens is 4. The van der Waals surface area contributed by atoms with Crippen LogP contribution in [0.5, 0.6) is 0 Å². The lowest BCUT2D eigenvalue weighted by Gasteiger charge is -2.32. The molecule has 0 aromatic heterocycles. The van der Waals surface area contributed by atoms with Crippen LogP contribution in [0.1, 0.15) is 31.4 Å². The van der Waals surface area contributed by atoms with Crippen molar-refractivity contribution in [1.82, 2.24) is 15.5 Å². The second kappa shape index (κ2) is 11.4. The van der Waals surface area contributed by atoms with E-state index >= 15 is 0 Å². The molecule has 0 unspecified atom stereocenters. The van der Waals surface area contributed by atoms with E-state index in [9.17, 15) is 41.8 Å². The van der Waals surface area contributed by atoms with E-state index in [2.05, 4.69) is 17.4 Å². The molecule has 0 saturated carbocycles. The Labute approximate surface area is 244 Å². The van der Waals surface area contributed by atoms with E-state index in [0.29, 0.717) is 11.3 Å². The van der Waals surface area contributed by atoms with Gasteiger partial charge < -0.3 is 21.1 Å². The summed E-state index contributed by atoms with van der Waals surface area (Å²) in [6.07, 6.45) is -6.25. The Kier molecular flexibility index (Phi) is 8.38. The number of anilines is 1. The van der Waals surface area contributed by atoms with Crippen LogP contribution >= 0.6 is 0 Å². The second-order valence-electron chi connectivity index (χ2n) is 11.4. The fraction of sp³-hybridized carbons (Fsp3) is 0.414. The summed E-state index contributed by atoms with van der Waals surface area (Å²) in [4.78, 5) is 53.8. The van der Waals surface area contributed by atoms with Gasteiger partial charge in [-0.2, -0.15) is 13.2 Å². The predicted octanol–water partition coefficient (Wildman–Crippen LogP) is 1.46. The number of carbonyl (C=O) groups is 4. The fourth-order valence-corrected chi connectivity index (χ4v) is 5.57. The molecule has 2 aliphatic heterocycles. The van der Waals surface area contributed by atoms with Crippen LogP contribution in [-0.4, -0.2) is 88.5 Å². The highest BCUT2D eigenvalue weighted by Crippen LogP contribution is 2.46. The molecule has 4 atom stereocenters. The minimum atomic E-state index is -5.35. The number of alkyl halides is 3. The van der Waals surface area contributed by atoms with Crippen LogP contribution in [0.2, 0.25) is 0 Å². The molecule has 1 saturated heterocycles. The van der Waals surface area contributed by atoms with Crippen LogP contribution in [0.25, 0.3) is 0 Å². The molecule has 2 heterocycles. The van der Waals surface area contributed by atoms with E-state index in [1.807, 2.05) is 0 Å². The number of nitrogens with one attached hydrogen (secondary N) is 3. The zero-order chi connectivity index (χ0) is 31.9. The van der Waals surface area contributed by atoms with Gasteiger partial charge in [-0.1, -0.05) is 30.3 Å². The molecule has 43 heavy (non-hydrogen) atoms. The summed E-state index contributed by atoms with van der Waals surface area (Å²) in [5, 5.41) is 17.2. The van der Waals surface area contributed by atoms with Crippen LogP contribution in [-0.2, 0) is 31.0 Å². The van der Waals surface area contributed by atoms with Gasteiger partial charge in [-0.25, -0.2) is 8.97 Å². The number of amides is 4. The zero-order valence-electron chi connectivity index (χ0n) is 23.7. The van der Waals surface area contributed by atoms with E-state index in [1.165, 1.54) is 33.0 Å². The standard InChI is InChI=1S/C29H31F4N5O5/c1-27(2,43)22(36-26(42)29(31,32)33)23(39)34-20(13-16-8-7-9-17(30)12-16)24(40)38-15-28(14-21(38)37(3)4)18-10-5-6-11-19(18)35-25(28)41/h5-12,20-22,43H,3,13-15H2,1-2,4H3,(H2-,34,35,36,39,41,42)/p+1/t20-,21-,22+,28-/m0/s1. The van der Waals surface area contributed by atoms with Crippen molar-refractivity contribution in [2.75, 3.05) is 18.9 Å². The number of hydrogen-bond donors (Lipinski definition) is 4. The van der Waals surface area contributed by atoms with Crippen LogP contribution in [0.15, 0.2) is 48.5 Å². The minimum Gasteiger partial charge on any atom is -0.388 e. The topological polar surface area (TPSA) is 131 Å². The summed E-state index contributed by atoms with van der Waals surface area (Å²) in [6, 6.07) is 8.56. The Balaban J connectivity index is 1.70. The summed E-state index contributed by atoms with van der Waals surface area (Å²) in [6.45, 7) is 5.83. The third-order valence-corrected chi connectivity index (χ3v) is 7.69. The highest BCUT2D eigenvalue weighted by Gasteiger charge is 2.59. The van der Waals surface area contributed by atoms with Crippen LogP contribution in [0.4, 0.5) is 23.2 Å². The average molecular weight is 607 g/mol. The van der Waals surface area contributed by atoms with Crippen molar-refractivity contribution >= 4 is 36.0 Å². The van der Waals surface area contributed by atoms with Crippen molar-refractivity contribution in [3.05, 3.63) is 65.5 Å². The molecule has 4 N–H and O–H groups in total. The number of fused-ring (bicyclic) bond motifs is 2. The van der Waals surface area contributed by atoms with Crippen LogP contribution < -0.4 is 16.0 Å². The summed E-state index contributed by atoms with van der Waals surface area (Å²) in [5.74, 6) is -5.44. The normalized spacial score (nSPS) is 21.2. The predicted molar refractivity (Wildman–Crippen MR) is 146 cm³/mol. The van der Waals surface area contributed by atoms with Gasteiger partial charge in [0, 0.05) is 18.7 Å². The van der Waals surface area contributed by atoms with Crippen molar-refractivity contribution in [3.63, 3.8) is 0 Å². The SMILES string of the molecule is C=[N+](C)[C@@H]1C[C@@]2(CN1C(=O)[C@H](Cc1cccc(F)c1)NC(=O)[C@@H](NC(=O)C(F)(F)F)C(C)(C)O)C(=O)Nc1ccccc12. The van der Waals surface area contributed by atoms with Gasteiger partial charge in [-0.05, 0) is 43.2 Å². The molecule has 0 aliphatic carbocycles. The average Bonchev–Trinajstić information content (AvgIpc) is 3.44. The molecule has 2 aromatic rings. The van der Waals surface area contributed by atoms with Gasteiger partial charge in [0.25, 0.3) is 5.91 Å². The van der Waals surface area contributed by atoms with Gasteiger partial charge >= 0.3 is 12.1 Å². The van der Waals surface area contributed by atoms with E-state index in [0.717, 1.165) is 19.9 Å². The number of benzene rings is 2. The molecular formula is C29H32F4N5O5+. The molecule has 0 bridgehead atoms. The maximum Gasteiger partial charge on any atom is 0.471 e. The van der Waals surface area contributed by atoms with Gasteiger partial charge in [0.2, 0.25) is 18.0 Å². The smallest absolute Gasteiger partial charge is 0.388 e. The van der Waals surface area contributed by atoms with E-state index < -0.39 is 59.0 Å². The summed E-state index contributed by atoms with van der Waals surface area (Å²) >= 11 is 0. The maximum absolute atomic E-state index is 14.2. The minimum absolute atomic E-state index is 0.117. The number of nitrogens with zero attached hydrogens (tertiary/aromatic N) is 2. The molecule has 4 amide bonds. The van der Waals surface area contributed by atoms with Crippen LogP contribution in [0.3, 0.4) is 0 Å². The lowest BCUT2D eigenvalue weighted by Crippen LogP contribution is -2.63. The number of likely N-dealkylation sites (tertiary alicyclic amines) is 1. The number of para-hydroxylation sites is 1. The monoisotopic (exact) mass is 606 g/mol. The highest BCUT2D eigenvalue weighted by atomic mass is 19.4. The first kappa shape index (κ1) is 31.6. The molecule has 1 spiro atoms. The number of hydrogen-bond acceptors (Lipinski definition) is 5. The lowest BCUT2D eigenvalue weighted by atomic mass is 9.80. The summed E-state index contributed by atoms with van der Waals surface area (Å²) in [7, 11) is 1.60. The molecule has 14 heteroatoms. The molecule has 10 nitrogen and oxygen atoms in total. The van der Waals surface area contributed by atoms with Crippen LogP contribution in [0, 0.1) is 5.82 Å². The first-order valence-electron chi connectivity index (χ1n) is 13.3. The Morgan fingerprint density at radius 3 is 2.44 bits per heavy atom. The Hall–Kier alpha value is -4.33. The number of aliphatic hydroxyl groups is 1. The van der Waals surface area contributed by atoms with E-state index in [4.69, 9.17) is 0 Å². The molecule has 1 fully saturated rings. The summed E-state index contributed by atoms with van der Waals surface area (Å²) < 4.78 is 54.6. The number of rotatable bonds is 8. The quantitative estimate of drug-likeness (QED) is 0.206. The molecule has 230 valence electrons. The molecule has 2 aliphatic rings. The van der Waals surface area contributed by atoms with Gasteiger partial charge in [-0.15, -0.1) is 0 Å². The van der Waals surface area contributed by atoms with Crippen molar-refractivity contribution in [3.8, 4) is 0 Å². The Morgan fingerprint density at radius 2 is 1.84 bits per heavy atom. The zero-order valence-corrected chi connectivity index (χ0v) is 23.7. The summed E-state index contributed by atoms with van der Waals surface area (Å²) in [5.41, 5.74) is -1.80. The first-order chi connectivity index (χ1) is 19.9. The number of carbonyl (C=O) groups excluding carboxylic acids is 4. The molecule has 2 aromatic carbocycles. The van der Waals surface area contributed by atoms with Gasteiger partial charge in [-0.3, -0.25) is 24.1 Å². The highest BCUT2D eigenvalue weighted by molar-refractivity contribution is 6.07. The van der Waals surface area contributed by atoms with Gasteiger partial charge in [0.1, 0.15) is 37.1 Å². The van der Waals surface area contributed by atoms with Crippen molar-refractivity contribution in [2.45, 2.75) is 62.1 Å². The van der Waals surface area contributed by atoms with Crippen molar-refractivity contribution in [2.24, 2.45) is 0 Å². The molecular weight excluding hydrogens is 574 g/mol. The first-order valence-corrected chi connectivity index (χ1v) is 13.3. The second-order valence-corrected chi connectivity index (χ2v) is 11.4. The van der Waals surface area contributed by atoms with E-state index in [-0.39, 0.29) is 30.9 Å². The van der Waals surface area contributed by atoms with Crippen molar-refractivity contribution < 1.29 is 46.4 Å². The molecule has 0 radical (unpaired) electrons. The van der Waals surface area contributed by atoms with Crippen molar-refractivity contribution in [1.29, 1.82) is 0 Å². The van der Waals surface area contributed by atoms with E-state index in [1.54, 1.807) is 31.3 Å². The Bertz CT molecular complexity index is 1470. The van der Waals surface area contributed by atoms with Gasteiger partial charge in [0.05, 0.1) is 12.0 Å². The maximum atomic E-state index is 14.2. The fourth-order valence-electron chi connectivity index (χ4n) is 5.57. The largest absolute Gasteiger partial charge is 0.471 e. The third-order valence-electron chi connectivity index (χ3n) is 7.69. The lowest BCUT2D eigenvalue weighted by molar-refractivity contribution is -0.549. The Morgan fingerprint density at radius 1 is 1.16 bits per heavy atom. The third kappa shape index (κ3) is 6.38. The molecule has 4 rings (SSSR count). The van der Waals surface area contributed by atoms with Gasteiger partial charge in [0.15, 0.2) is 0 Å².